The Morgan fingerprint density at radius 3 is 3.20 bits per heavy atom. The number of aromatic nitrogens is 1. The quantitative estimate of drug-likeness (QED) is 0.797. The fourth-order valence-corrected chi connectivity index (χ4v) is 3.02. The van der Waals surface area contributed by atoms with Crippen molar-refractivity contribution in [1.29, 1.82) is 0 Å². The number of halogens is 1. The Morgan fingerprint density at radius 2 is 2.35 bits per heavy atom. The van der Waals surface area contributed by atoms with E-state index in [1.807, 2.05) is 12.3 Å². The van der Waals surface area contributed by atoms with Crippen LogP contribution in [0.2, 0.25) is 0 Å². The monoisotopic (exact) mass is 332 g/mol. The van der Waals surface area contributed by atoms with E-state index in [1.165, 1.54) is 11.1 Å². The molecule has 3 nitrogen and oxygen atoms in total. The molecule has 0 radical (unpaired) electrons. The van der Waals surface area contributed by atoms with Crippen molar-refractivity contribution in [3.8, 4) is 0 Å². The van der Waals surface area contributed by atoms with Crippen LogP contribution in [0.15, 0.2) is 47.6 Å². The lowest BCUT2D eigenvalue weighted by molar-refractivity contribution is 0.0909. The van der Waals surface area contributed by atoms with Gasteiger partial charge in [-0.15, -0.1) is 6.58 Å². The van der Waals surface area contributed by atoms with Gasteiger partial charge >= 0.3 is 0 Å². The molecule has 2 aromatic rings. The molecular formula is C16H17BrN2O. The van der Waals surface area contributed by atoms with Crippen molar-refractivity contribution in [1.82, 2.24) is 4.98 Å². The first-order valence-corrected chi connectivity index (χ1v) is 7.59. The van der Waals surface area contributed by atoms with Crippen molar-refractivity contribution in [2.75, 3.05) is 24.6 Å². The molecule has 1 saturated heterocycles. The van der Waals surface area contributed by atoms with E-state index in [0.717, 1.165) is 29.5 Å². The summed E-state index contributed by atoms with van der Waals surface area (Å²) in [7, 11) is 0. The van der Waals surface area contributed by atoms with E-state index in [4.69, 9.17) is 4.74 Å². The Hall–Kier alpha value is -1.39. The van der Waals surface area contributed by atoms with Gasteiger partial charge in [0.1, 0.15) is 0 Å². The van der Waals surface area contributed by atoms with Crippen LogP contribution in [0.3, 0.4) is 0 Å². The molecule has 0 spiro atoms. The maximum Gasteiger partial charge on any atom is 0.0771 e. The summed E-state index contributed by atoms with van der Waals surface area (Å²) in [5, 5.41) is 1.19. The van der Waals surface area contributed by atoms with Crippen molar-refractivity contribution in [3.05, 3.63) is 47.6 Å². The summed E-state index contributed by atoms with van der Waals surface area (Å²) in [6.07, 6.45) is 5.05. The maximum absolute atomic E-state index is 5.75. The molecule has 1 aromatic carbocycles. The van der Waals surface area contributed by atoms with Crippen LogP contribution in [0.1, 0.15) is 6.42 Å². The van der Waals surface area contributed by atoms with E-state index in [-0.39, 0.29) is 0 Å². The second-order valence-electron chi connectivity index (χ2n) is 4.97. The van der Waals surface area contributed by atoms with Crippen molar-refractivity contribution >= 4 is 32.5 Å². The summed E-state index contributed by atoms with van der Waals surface area (Å²) in [4.78, 5) is 6.82. The second-order valence-corrected chi connectivity index (χ2v) is 5.89. The number of anilines is 1. The Labute approximate surface area is 127 Å². The van der Waals surface area contributed by atoms with Crippen LogP contribution < -0.4 is 4.90 Å². The number of hydrogen-bond acceptors (Lipinski definition) is 3. The zero-order chi connectivity index (χ0) is 13.9. The van der Waals surface area contributed by atoms with E-state index in [0.29, 0.717) is 12.7 Å². The van der Waals surface area contributed by atoms with E-state index in [1.54, 1.807) is 0 Å². The van der Waals surface area contributed by atoms with Crippen molar-refractivity contribution in [3.63, 3.8) is 0 Å². The van der Waals surface area contributed by atoms with Gasteiger partial charge < -0.3 is 9.64 Å². The van der Waals surface area contributed by atoms with Gasteiger partial charge in [-0.05, 0) is 30.7 Å². The van der Waals surface area contributed by atoms with Crippen LogP contribution in [0.4, 0.5) is 5.69 Å². The number of fused-ring (bicyclic) bond motifs is 1. The maximum atomic E-state index is 5.75. The first-order valence-electron chi connectivity index (χ1n) is 6.79. The predicted octanol–water partition coefficient (Wildman–Crippen LogP) is 3.78. The summed E-state index contributed by atoms with van der Waals surface area (Å²) in [5.41, 5.74) is 2.26. The van der Waals surface area contributed by atoms with Crippen molar-refractivity contribution < 1.29 is 4.74 Å². The topological polar surface area (TPSA) is 25.4 Å². The number of benzene rings is 1. The lowest BCUT2D eigenvalue weighted by Crippen LogP contribution is -2.23. The third-order valence-corrected chi connectivity index (χ3v) is 4.11. The third-order valence-electron chi connectivity index (χ3n) is 3.62. The van der Waals surface area contributed by atoms with E-state index >= 15 is 0 Å². The lowest BCUT2D eigenvalue weighted by Gasteiger charge is -2.20. The molecular weight excluding hydrogens is 316 g/mol. The molecule has 1 aliphatic heterocycles. The molecule has 1 fully saturated rings. The SMILES string of the molecule is C=CCOC1CCN(c2ccnc3cc(Br)ccc23)C1. The second kappa shape index (κ2) is 5.94. The molecule has 1 aromatic heterocycles. The highest BCUT2D eigenvalue weighted by Gasteiger charge is 2.24. The highest BCUT2D eigenvalue weighted by molar-refractivity contribution is 9.10. The van der Waals surface area contributed by atoms with Gasteiger partial charge in [-0.2, -0.15) is 0 Å². The van der Waals surface area contributed by atoms with Crippen LogP contribution in [0.25, 0.3) is 10.9 Å². The summed E-state index contributed by atoms with van der Waals surface area (Å²) >= 11 is 3.50. The number of rotatable bonds is 4. The highest BCUT2D eigenvalue weighted by atomic mass is 79.9. The van der Waals surface area contributed by atoms with Gasteiger partial charge in [-0.1, -0.05) is 22.0 Å². The largest absolute Gasteiger partial charge is 0.372 e. The summed E-state index contributed by atoms with van der Waals surface area (Å²) in [5.74, 6) is 0. The molecule has 20 heavy (non-hydrogen) atoms. The average molecular weight is 333 g/mol. The van der Waals surface area contributed by atoms with Crippen molar-refractivity contribution in [2.24, 2.45) is 0 Å². The smallest absolute Gasteiger partial charge is 0.0771 e. The Bertz CT molecular complexity index is 629. The zero-order valence-corrected chi connectivity index (χ0v) is 12.8. The van der Waals surface area contributed by atoms with Crippen LogP contribution in [-0.4, -0.2) is 30.8 Å². The minimum Gasteiger partial charge on any atom is -0.372 e. The Kier molecular flexibility index (Phi) is 4.03. The van der Waals surface area contributed by atoms with Gasteiger partial charge in [-0.3, -0.25) is 4.98 Å². The third kappa shape index (κ3) is 2.72. The first-order chi connectivity index (χ1) is 9.78. The van der Waals surface area contributed by atoms with Gasteiger partial charge in [0.25, 0.3) is 0 Å². The molecule has 104 valence electrons. The van der Waals surface area contributed by atoms with Gasteiger partial charge in [0.05, 0.1) is 18.2 Å². The molecule has 0 bridgehead atoms. The van der Waals surface area contributed by atoms with E-state index in [9.17, 15) is 0 Å². The molecule has 0 amide bonds. The van der Waals surface area contributed by atoms with E-state index < -0.39 is 0 Å². The van der Waals surface area contributed by atoms with E-state index in [2.05, 4.69) is 56.7 Å². The molecule has 3 rings (SSSR count). The molecule has 0 N–H and O–H groups in total. The van der Waals surface area contributed by atoms with Crippen LogP contribution in [-0.2, 0) is 4.74 Å². The standard InChI is InChI=1S/C16H17BrN2O/c1-2-9-20-13-6-8-19(11-13)16-5-7-18-15-10-12(17)3-4-14(15)16/h2-5,7,10,13H,1,6,8-9,11H2. The normalized spacial score (nSPS) is 18.6. The van der Waals surface area contributed by atoms with Crippen LogP contribution >= 0.6 is 15.9 Å². The molecule has 1 aliphatic rings. The summed E-state index contributed by atoms with van der Waals surface area (Å²) in [6, 6.07) is 8.33. The van der Waals surface area contributed by atoms with Crippen LogP contribution in [0, 0.1) is 0 Å². The molecule has 2 heterocycles. The number of hydrogen-bond donors (Lipinski definition) is 0. The molecule has 4 heteroatoms. The van der Waals surface area contributed by atoms with Gasteiger partial charge in [0.15, 0.2) is 0 Å². The number of nitrogens with zero attached hydrogens (tertiary/aromatic N) is 2. The summed E-state index contributed by atoms with van der Waals surface area (Å²) < 4.78 is 6.81. The fraction of sp³-hybridized carbons (Fsp3) is 0.312. The minimum absolute atomic E-state index is 0.298. The zero-order valence-electron chi connectivity index (χ0n) is 11.3. The minimum atomic E-state index is 0.298. The fourth-order valence-electron chi connectivity index (χ4n) is 2.67. The Morgan fingerprint density at radius 1 is 1.45 bits per heavy atom. The molecule has 1 unspecified atom stereocenters. The molecule has 0 aliphatic carbocycles. The summed E-state index contributed by atoms with van der Waals surface area (Å²) in [6.45, 7) is 6.28. The Balaban J connectivity index is 1.86. The van der Waals surface area contributed by atoms with Crippen LogP contribution in [0.5, 0.6) is 0 Å². The molecule has 0 saturated carbocycles. The van der Waals surface area contributed by atoms with Crippen molar-refractivity contribution in [2.45, 2.75) is 12.5 Å². The lowest BCUT2D eigenvalue weighted by atomic mass is 10.2. The number of ether oxygens (including phenoxy) is 1. The average Bonchev–Trinajstić information content (AvgIpc) is 2.92. The van der Waals surface area contributed by atoms with Gasteiger partial charge in [-0.25, -0.2) is 0 Å². The molecule has 1 atom stereocenters. The predicted molar refractivity (Wildman–Crippen MR) is 86.2 cm³/mol. The first kappa shape index (κ1) is 13.6. The number of pyridine rings is 1. The highest BCUT2D eigenvalue weighted by Crippen LogP contribution is 2.30. The van der Waals surface area contributed by atoms with Gasteiger partial charge in [0, 0.05) is 34.8 Å². The van der Waals surface area contributed by atoms with Gasteiger partial charge in [0.2, 0.25) is 0 Å².